The van der Waals surface area contributed by atoms with Crippen molar-refractivity contribution >= 4 is 5.96 Å². The summed E-state index contributed by atoms with van der Waals surface area (Å²) in [7, 11) is 0. The minimum absolute atomic E-state index is 0.340. The minimum atomic E-state index is -0.970. The maximum absolute atomic E-state index is 6.45. The number of fused-ring (bicyclic) bond motifs is 1. The molecule has 0 bridgehead atoms. The van der Waals surface area contributed by atoms with Crippen molar-refractivity contribution in [2.45, 2.75) is 88.9 Å². The van der Waals surface area contributed by atoms with Crippen LogP contribution in [-0.4, -0.2) is 30.0 Å². The highest BCUT2D eigenvalue weighted by molar-refractivity contribution is 5.79. The number of guanidine groups is 1. The second kappa shape index (κ2) is 9.08. The van der Waals surface area contributed by atoms with Gasteiger partial charge in [0.1, 0.15) is 0 Å². The standard InChI is InChI=1S/C25H40N6/c26-24-28-25(27,30-29-24)22-12-9-20-10-13-23(14-11-21(20)15-22)31(16-18-5-1-2-6-18)17-19-7-3-4-8-19/h9,12,15,18-19,23,30H,1-8,10-11,13-14,16-17,27H2,(H3,26,28,29)/t23-,25?/m0/s1. The molecule has 0 spiro atoms. The molecule has 5 rings (SSSR count). The molecule has 1 aliphatic heterocycles. The van der Waals surface area contributed by atoms with Crippen LogP contribution in [0.15, 0.2) is 23.2 Å². The quantitative estimate of drug-likeness (QED) is 0.527. The molecular formula is C25H40N6. The molecule has 0 aromatic heterocycles. The fourth-order valence-corrected chi connectivity index (χ4v) is 6.46. The zero-order chi connectivity index (χ0) is 21.3. The molecule has 1 aromatic carbocycles. The summed E-state index contributed by atoms with van der Waals surface area (Å²) < 4.78 is 0. The number of nitrogens with zero attached hydrogens (tertiary/aromatic N) is 2. The van der Waals surface area contributed by atoms with Crippen LogP contribution in [0.4, 0.5) is 0 Å². The molecule has 0 saturated heterocycles. The fraction of sp³-hybridized carbons (Fsp3) is 0.720. The number of aryl methyl sites for hydroxylation is 2. The van der Waals surface area contributed by atoms with Crippen LogP contribution in [0.5, 0.6) is 0 Å². The summed E-state index contributed by atoms with van der Waals surface area (Å²) in [4.78, 5) is 7.29. The number of rotatable bonds is 6. The fourth-order valence-electron chi connectivity index (χ4n) is 6.46. The van der Waals surface area contributed by atoms with E-state index >= 15 is 0 Å². The highest BCUT2D eigenvalue weighted by Gasteiger charge is 2.33. The van der Waals surface area contributed by atoms with Crippen molar-refractivity contribution in [3.8, 4) is 0 Å². The van der Waals surface area contributed by atoms with Gasteiger partial charge in [0.2, 0.25) is 11.7 Å². The number of hydrogen-bond acceptors (Lipinski definition) is 6. The third kappa shape index (κ3) is 4.76. The highest BCUT2D eigenvalue weighted by Crippen LogP contribution is 2.33. The summed E-state index contributed by atoms with van der Waals surface area (Å²) >= 11 is 0. The number of hydrogen-bond donors (Lipinski definition) is 4. The van der Waals surface area contributed by atoms with Gasteiger partial charge in [0.25, 0.3) is 0 Å². The third-order valence-electron chi connectivity index (χ3n) is 8.27. The van der Waals surface area contributed by atoms with Crippen LogP contribution in [0.25, 0.3) is 0 Å². The molecule has 0 amide bonds. The van der Waals surface area contributed by atoms with Crippen molar-refractivity contribution in [3.05, 3.63) is 34.9 Å². The third-order valence-corrected chi connectivity index (χ3v) is 8.27. The first-order chi connectivity index (χ1) is 15.1. The molecule has 3 aliphatic carbocycles. The van der Waals surface area contributed by atoms with Gasteiger partial charge in [0.05, 0.1) is 0 Å². The first-order valence-corrected chi connectivity index (χ1v) is 12.6. The second-order valence-corrected chi connectivity index (χ2v) is 10.5. The van der Waals surface area contributed by atoms with Gasteiger partial charge in [-0.05, 0) is 74.3 Å². The van der Waals surface area contributed by atoms with Crippen LogP contribution in [0.2, 0.25) is 0 Å². The lowest BCUT2D eigenvalue weighted by Crippen LogP contribution is -2.50. The summed E-state index contributed by atoms with van der Waals surface area (Å²) in [6.45, 7) is 2.66. The molecule has 6 N–H and O–H groups in total. The first kappa shape index (κ1) is 21.2. The lowest BCUT2D eigenvalue weighted by atomic mass is 9.97. The lowest BCUT2D eigenvalue weighted by Gasteiger charge is -2.35. The Hall–Kier alpha value is -1.63. The molecule has 2 fully saturated rings. The molecule has 2 saturated carbocycles. The minimum Gasteiger partial charge on any atom is -0.369 e. The van der Waals surface area contributed by atoms with Gasteiger partial charge in [0.15, 0.2) is 0 Å². The molecule has 31 heavy (non-hydrogen) atoms. The number of benzene rings is 1. The molecule has 0 radical (unpaired) electrons. The van der Waals surface area contributed by atoms with Gasteiger partial charge >= 0.3 is 0 Å². The van der Waals surface area contributed by atoms with Gasteiger partial charge in [-0.25, -0.2) is 4.99 Å². The van der Waals surface area contributed by atoms with E-state index in [1.54, 1.807) is 0 Å². The molecule has 2 atom stereocenters. The van der Waals surface area contributed by atoms with Crippen molar-refractivity contribution in [3.63, 3.8) is 0 Å². The molecule has 6 heteroatoms. The Bertz CT molecular complexity index is 777. The lowest BCUT2D eigenvalue weighted by molar-refractivity contribution is 0.130. The Morgan fingerprint density at radius 3 is 2.10 bits per heavy atom. The van der Waals surface area contributed by atoms with E-state index in [-0.39, 0.29) is 0 Å². The molecule has 1 heterocycles. The van der Waals surface area contributed by atoms with E-state index < -0.39 is 5.79 Å². The first-order valence-electron chi connectivity index (χ1n) is 12.6. The smallest absolute Gasteiger partial charge is 0.209 e. The van der Waals surface area contributed by atoms with Gasteiger partial charge in [-0.1, -0.05) is 43.9 Å². The topological polar surface area (TPSA) is 91.7 Å². The Balaban J connectivity index is 1.30. The van der Waals surface area contributed by atoms with Crippen LogP contribution >= 0.6 is 0 Å². The summed E-state index contributed by atoms with van der Waals surface area (Å²) in [5.74, 6) is 1.23. The van der Waals surface area contributed by atoms with E-state index in [0.717, 1.165) is 23.8 Å². The van der Waals surface area contributed by atoms with E-state index in [0.29, 0.717) is 12.0 Å². The number of nitrogens with two attached hydrogens (primary N) is 2. The molecule has 4 aliphatic rings. The zero-order valence-corrected chi connectivity index (χ0v) is 18.9. The molecule has 1 unspecified atom stereocenters. The number of aliphatic imine (C=N–C) groups is 1. The SMILES string of the molecule is NC1=NC(N)(c2ccc3c(c2)CC[C@@H](N(CC2CCCC2)CC2CCCC2)CC3)NN1. The van der Waals surface area contributed by atoms with Gasteiger partial charge in [-0.3, -0.25) is 16.1 Å². The Morgan fingerprint density at radius 2 is 1.52 bits per heavy atom. The molecule has 6 nitrogen and oxygen atoms in total. The molecular weight excluding hydrogens is 384 g/mol. The van der Waals surface area contributed by atoms with E-state index in [4.69, 9.17) is 11.5 Å². The number of nitrogens with one attached hydrogen (secondary N) is 2. The Kier molecular flexibility index (Phi) is 6.22. The molecule has 1 aromatic rings. The van der Waals surface area contributed by atoms with Gasteiger partial charge < -0.3 is 5.73 Å². The average Bonchev–Trinajstić information content (AvgIpc) is 3.50. The second-order valence-electron chi connectivity index (χ2n) is 10.5. The van der Waals surface area contributed by atoms with Crippen LogP contribution in [0.3, 0.4) is 0 Å². The van der Waals surface area contributed by atoms with Crippen molar-refractivity contribution in [2.75, 3.05) is 13.1 Å². The predicted octanol–water partition coefficient (Wildman–Crippen LogP) is 3.11. The molecule has 170 valence electrons. The zero-order valence-electron chi connectivity index (χ0n) is 18.9. The van der Waals surface area contributed by atoms with Crippen molar-refractivity contribution < 1.29 is 0 Å². The van der Waals surface area contributed by atoms with Crippen LogP contribution in [-0.2, 0) is 18.6 Å². The van der Waals surface area contributed by atoms with Gasteiger partial charge in [-0.15, -0.1) is 0 Å². The monoisotopic (exact) mass is 424 g/mol. The van der Waals surface area contributed by atoms with E-state index in [1.165, 1.54) is 94.8 Å². The largest absolute Gasteiger partial charge is 0.369 e. The number of hydrazine groups is 1. The highest BCUT2D eigenvalue weighted by atomic mass is 15.6. The Labute approximate surface area is 187 Å². The van der Waals surface area contributed by atoms with Crippen LogP contribution in [0.1, 0.15) is 80.9 Å². The van der Waals surface area contributed by atoms with E-state index in [1.807, 2.05) is 0 Å². The van der Waals surface area contributed by atoms with Crippen LogP contribution in [0, 0.1) is 11.8 Å². The van der Waals surface area contributed by atoms with Crippen molar-refractivity contribution in [1.82, 2.24) is 15.8 Å². The summed E-state index contributed by atoms with van der Waals surface area (Å²) in [5.41, 5.74) is 22.0. The normalized spacial score (nSPS) is 29.7. The summed E-state index contributed by atoms with van der Waals surface area (Å²) in [5, 5.41) is 0. The maximum atomic E-state index is 6.45. The maximum Gasteiger partial charge on any atom is 0.209 e. The van der Waals surface area contributed by atoms with Crippen molar-refractivity contribution in [2.24, 2.45) is 28.3 Å². The van der Waals surface area contributed by atoms with E-state index in [2.05, 4.69) is 38.9 Å². The van der Waals surface area contributed by atoms with Crippen molar-refractivity contribution in [1.29, 1.82) is 0 Å². The van der Waals surface area contributed by atoms with Gasteiger partial charge in [0, 0.05) is 24.7 Å². The Morgan fingerprint density at radius 1 is 0.903 bits per heavy atom. The van der Waals surface area contributed by atoms with Gasteiger partial charge in [-0.2, -0.15) is 5.43 Å². The van der Waals surface area contributed by atoms with Crippen LogP contribution < -0.4 is 22.3 Å². The summed E-state index contributed by atoms with van der Waals surface area (Å²) in [6.07, 6.45) is 16.4. The van der Waals surface area contributed by atoms with E-state index in [9.17, 15) is 0 Å². The summed E-state index contributed by atoms with van der Waals surface area (Å²) in [6, 6.07) is 7.35. The predicted molar refractivity (Wildman–Crippen MR) is 126 cm³/mol. The average molecular weight is 425 g/mol.